The third-order valence-electron chi connectivity index (χ3n) is 3.33. The molecular weight excluding hydrogens is 265 g/mol. The van der Waals surface area contributed by atoms with Gasteiger partial charge in [-0.25, -0.2) is 18.2 Å². The Hall–Kier alpha value is -1.78. The first-order chi connectivity index (χ1) is 9.51. The van der Waals surface area contributed by atoms with Gasteiger partial charge in [-0.2, -0.15) is 0 Å². The van der Waals surface area contributed by atoms with Gasteiger partial charge in [0.1, 0.15) is 5.52 Å². The number of nitrogens with zero attached hydrogens (tertiary/aromatic N) is 1. The number of hydrogen-bond donors (Lipinski definition) is 1. The van der Waals surface area contributed by atoms with Gasteiger partial charge in [-0.15, -0.1) is 0 Å². The van der Waals surface area contributed by atoms with E-state index in [2.05, 4.69) is 10.3 Å². The zero-order valence-electron chi connectivity index (χ0n) is 11.8. The molecule has 0 bridgehead atoms. The van der Waals surface area contributed by atoms with Gasteiger partial charge in [-0.1, -0.05) is 13.8 Å². The van der Waals surface area contributed by atoms with Crippen molar-refractivity contribution in [2.45, 2.75) is 33.6 Å². The van der Waals surface area contributed by atoms with Gasteiger partial charge in [0.05, 0.1) is 0 Å². The average molecular weight is 282 g/mol. The summed E-state index contributed by atoms with van der Waals surface area (Å²) in [7, 11) is 0. The number of benzene rings is 1. The second-order valence-electron chi connectivity index (χ2n) is 4.71. The second-order valence-corrected chi connectivity index (χ2v) is 4.71. The summed E-state index contributed by atoms with van der Waals surface area (Å²) in [6.07, 6.45) is 1.56. The molecule has 1 N–H and O–H groups in total. The molecule has 0 aliphatic rings. The molecule has 0 atom stereocenters. The lowest BCUT2D eigenvalue weighted by atomic mass is 10.0. The maximum absolute atomic E-state index is 13.9. The molecule has 1 aromatic carbocycles. The number of fused-ring (bicyclic) bond motifs is 1. The minimum Gasteiger partial charge on any atom is -0.384 e. The first kappa shape index (κ1) is 14.6. The standard InChI is InChI=1S/C15H17F3N2/c1-4-6-19-14-9(5-2)8(3)20-15-10(14)7-11(16)12(17)13(15)18/h7H,4-6H2,1-3H3,(H,19,20). The van der Waals surface area contributed by atoms with E-state index in [0.717, 1.165) is 18.1 Å². The Balaban J connectivity index is 2.82. The molecule has 5 heteroatoms. The number of halogens is 3. The van der Waals surface area contributed by atoms with Gasteiger partial charge in [0, 0.05) is 23.3 Å². The molecule has 0 saturated carbocycles. The zero-order valence-corrected chi connectivity index (χ0v) is 11.8. The lowest BCUT2D eigenvalue weighted by molar-refractivity contribution is 0.452. The van der Waals surface area contributed by atoms with Crippen LogP contribution < -0.4 is 5.32 Å². The number of hydrogen-bond acceptors (Lipinski definition) is 2. The fraction of sp³-hybridized carbons (Fsp3) is 0.400. The Labute approximate surface area is 116 Å². The summed E-state index contributed by atoms with van der Waals surface area (Å²) in [6, 6.07) is 1.01. The molecule has 0 amide bonds. The third kappa shape index (κ3) is 2.32. The molecule has 108 valence electrons. The molecular formula is C15H17F3N2. The molecule has 1 heterocycles. The highest BCUT2D eigenvalue weighted by molar-refractivity contribution is 5.94. The number of aromatic nitrogens is 1. The summed E-state index contributed by atoms with van der Waals surface area (Å²) < 4.78 is 40.7. The Morgan fingerprint density at radius 3 is 2.45 bits per heavy atom. The molecule has 0 aliphatic carbocycles. The topological polar surface area (TPSA) is 24.9 Å². The molecule has 2 rings (SSSR count). The van der Waals surface area contributed by atoms with Gasteiger partial charge >= 0.3 is 0 Å². The normalized spacial score (nSPS) is 11.1. The van der Waals surface area contributed by atoms with Crippen LogP contribution in [0.2, 0.25) is 0 Å². The highest BCUT2D eigenvalue weighted by Crippen LogP contribution is 2.32. The van der Waals surface area contributed by atoms with Crippen LogP contribution in [-0.4, -0.2) is 11.5 Å². The fourth-order valence-electron chi connectivity index (χ4n) is 2.35. The van der Waals surface area contributed by atoms with Gasteiger partial charge in [-0.05, 0) is 31.4 Å². The monoisotopic (exact) mass is 282 g/mol. The summed E-state index contributed by atoms with van der Waals surface area (Å²) in [5.41, 5.74) is 2.05. The van der Waals surface area contributed by atoms with Gasteiger partial charge in [0.2, 0.25) is 0 Å². The predicted molar refractivity (Wildman–Crippen MR) is 74.5 cm³/mol. The van der Waals surface area contributed by atoms with E-state index in [0.29, 0.717) is 24.3 Å². The molecule has 0 fully saturated rings. The average Bonchev–Trinajstić information content (AvgIpc) is 2.43. The maximum atomic E-state index is 13.9. The van der Waals surface area contributed by atoms with E-state index in [9.17, 15) is 13.2 Å². The molecule has 1 aromatic heterocycles. The number of aryl methyl sites for hydroxylation is 1. The summed E-state index contributed by atoms with van der Waals surface area (Å²) >= 11 is 0. The summed E-state index contributed by atoms with van der Waals surface area (Å²) in [5, 5.41) is 3.46. The van der Waals surface area contributed by atoms with Gasteiger partial charge in [0.25, 0.3) is 0 Å². The number of pyridine rings is 1. The smallest absolute Gasteiger partial charge is 0.196 e. The second kappa shape index (κ2) is 5.69. The van der Waals surface area contributed by atoms with E-state index < -0.39 is 17.5 Å². The van der Waals surface area contributed by atoms with E-state index in [4.69, 9.17) is 0 Å². The predicted octanol–water partition coefficient (Wildman–Crippen LogP) is 4.34. The zero-order chi connectivity index (χ0) is 14.9. The van der Waals surface area contributed by atoms with Crippen LogP contribution in [0, 0.1) is 24.4 Å². The molecule has 0 unspecified atom stereocenters. The minimum absolute atomic E-state index is 0.128. The molecule has 2 nitrogen and oxygen atoms in total. The summed E-state index contributed by atoms with van der Waals surface area (Å²) in [5.74, 6) is -3.90. The van der Waals surface area contributed by atoms with Crippen molar-refractivity contribution in [1.82, 2.24) is 4.98 Å². The first-order valence-electron chi connectivity index (χ1n) is 6.71. The Morgan fingerprint density at radius 2 is 1.85 bits per heavy atom. The SMILES string of the molecule is CCCNc1c(CC)c(C)nc2c(F)c(F)c(F)cc12. The molecule has 2 aromatic rings. The van der Waals surface area contributed by atoms with Gasteiger partial charge in [-0.3, -0.25) is 0 Å². The minimum atomic E-state index is -1.48. The van der Waals surface area contributed by atoms with Gasteiger partial charge < -0.3 is 5.32 Å². The van der Waals surface area contributed by atoms with Crippen LogP contribution in [0.15, 0.2) is 6.07 Å². The number of rotatable bonds is 4. The van der Waals surface area contributed by atoms with Crippen LogP contribution in [0.4, 0.5) is 18.9 Å². The molecule has 0 saturated heterocycles. The Bertz CT molecular complexity index is 654. The lowest BCUT2D eigenvalue weighted by Gasteiger charge is -2.16. The van der Waals surface area contributed by atoms with Crippen LogP contribution in [0.3, 0.4) is 0 Å². The number of anilines is 1. The van der Waals surface area contributed by atoms with Crippen molar-refractivity contribution in [2.75, 3.05) is 11.9 Å². The van der Waals surface area contributed by atoms with E-state index in [1.807, 2.05) is 13.8 Å². The van der Waals surface area contributed by atoms with Crippen molar-refractivity contribution in [3.05, 3.63) is 34.8 Å². The number of nitrogens with one attached hydrogen (secondary N) is 1. The largest absolute Gasteiger partial charge is 0.384 e. The van der Waals surface area contributed by atoms with Crippen molar-refractivity contribution >= 4 is 16.6 Å². The van der Waals surface area contributed by atoms with Crippen LogP contribution in [0.5, 0.6) is 0 Å². The van der Waals surface area contributed by atoms with E-state index in [1.54, 1.807) is 6.92 Å². The van der Waals surface area contributed by atoms with Crippen LogP contribution in [0.1, 0.15) is 31.5 Å². The quantitative estimate of drug-likeness (QED) is 0.843. The van der Waals surface area contributed by atoms with E-state index in [-0.39, 0.29) is 10.9 Å². The highest BCUT2D eigenvalue weighted by atomic mass is 19.2. The van der Waals surface area contributed by atoms with Crippen molar-refractivity contribution in [3.63, 3.8) is 0 Å². The molecule has 0 aliphatic heterocycles. The Kier molecular flexibility index (Phi) is 4.16. The first-order valence-corrected chi connectivity index (χ1v) is 6.71. The van der Waals surface area contributed by atoms with Crippen molar-refractivity contribution < 1.29 is 13.2 Å². The van der Waals surface area contributed by atoms with Crippen LogP contribution in [-0.2, 0) is 6.42 Å². The molecule has 0 spiro atoms. The van der Waals surface area contributed by atoms with Crippen molar-refractivity contribution in [1.29, 1.82) is 0 Å². The lowest BCUT2D eigenvalue weighted by Crippen LogP contribution is -2.08. The maximum Gasteiger partial charge on any atom is 0.196 e. The summed E-state index contributed by atoms with van der Waals surface area (Å²) in [6.45, 7) is 6.36. The van der Waals surface area contributed by atoms with E-state index >= 15 is 0 Å². The highest BCUT2D eigenvalue weighted by Gasteiger charge is 2.19. The molecule has 20 heavy (non-hydrogen) atoms. The third-order valence-corrected chi connectivity index (χ3v) is 3.33. The van der Waals surface area contributed by atoms with Crippen LogP contribution in [0.25, 0.3) is 10.9 Å². The van der Waals surface area contributed by atoms with E-state index in [1.165, 1.54) is 0 Å². The summed E-state index contributed by atoms with van der Waals surface area (Å²) in [4.78, 5) is 4.09. The van der Waals surface area contributed by atoms with Crippen molar-refractivity contribution in [3.8, 4) is 0 Å². The molecule has 0 radical (unpaired) electrons. The fourth-order valence-corrected chi connectivity index (χ4v) is 2.35. The van der Waals surface area contributed by atoms with Gasteiger partial charge in [0.15, 0.2) is 17.5 Å². The Morgan fingerprint density at radius 1 is 1.15 bits per heavy atom. The van der Waals surface area contributed by atoms with Crippen LogP contribution >= 0.6 is 0 Å². The van der Waals surface area contributed by atoms with Crippen molar-refractivity contribution in [2.24, 2.45) is 0 Å².